The average molecular weight is 1170 g/mol. The number of imidazole rings is 3. The van der Waals surface area contributed by atoms with Gasteiger partial charge in [-0.1, -0.05) is 85.8 Å². The number of urea groups is 1. The zero-order valence-corrected chi connectivity index (χ0v) is 49.2. The van der Waals surface area contributed by atoms with Crippen molar-refractivity contribution in [1.29, 1.82) is 0 Å². The number of carboxylic acid groups (broad SMARTS) is 1. The molecular weight excluding hydrogens is 1100 g/mol. The third-order valence-corrected chi connectivity index (χ3v) is 18.7. The Morgan fingerprint density at radius 1 is 0.729 bits per heavy atom. The second-order valence-corrected chi connectivity index (χ2v) is 24.1. The van der Waals surface area contributed by atoms with E-state index in [9.17, 15) is 33.9 Å². The number of aromatic nitrogens is 6. The maximum absolute atomic E-state index is 14.5. The average Bonchev–Trinajstić information content (AvgIpc) is 3.51. The Balaban J connectivity index is 0.666. The lowest BCUT2D eigenvalue weighted by Gasteiger charge is -2.40. The number of ether oxygens (including phenoxy) is 1. The predicted octanol–water partition coefficient (Wildman–Crippen LogP) is 10.9. The van der Waals surface area contributed by atoms with Crippen LogP contribution in [-0.4, -0.2) is 137 Å². The number of likely N-dealkylation sites (tertiary alicyclic amines) is 3. The van der Waals surface area contributed by atoms with Crippen molar-refractivity contribution in [3.63, 3.8) is 0 Å². The van der Waals surface area contributed by atoms with Crippen molar-refractivity contribution >= 4 is 52.8 Å². The summed E-state index contributed by atoms with van der Waals surface area (Å²) in [7, 11) is 3.09. The summed E-state index contributed by atoms with van der Waals surface area (Å²) in [4.78, 5) is 110. The van der Waals surface area contributed by atoms with Crippen molar-refractivity contribution in [2.45, 2.75) is 115 Å². The first-order valence-electron chi connectivity index (χ1n) is 29.8. The van der Waals surface area contributed by atoms with Crippen LogP contribution in [0, 0.1) is 11.8 Å². The third kappa shape index (κ3) is 12.9. The third-order valence-electron chi connectivity index (χ3n) is 17.5. The van der Waals surface area contributed by atoms with E-state index in [1.807, 2.05) is 66.7 Å². The highest BCUT2D eigenvalue weighted by molar-refractivity contribution is 7.18. The Labute approximate surface area is 498 Å². The van der Waals surface area contributed by atoms with Crippen LogP contribution in [-0.2, 0) is 21.4 Å². The summed E-state index contributed by atoms with van der Waals surface area (Å²) >= 11 is 1.18. The first-order chi connectivity index (χ1) is 41.3. The standard InChI is InChI=1S/C64H74N12O8S/c1-40-16-18-46(19-17-40)59(77)76(53-35-55(85-56(53)62(80)81)45-11-5-4-6-12-45)47-28-33-73(34-29-47)63(82)66-30-8-7-13-48(71-64(83)84-3)60(78)74-31-9-14-51(74)57-67-36-49(69-57)43-24-20-41(21-25-43)42-22-26-44(27-23-42)50-37-68-58(70-50)52-15-10-32-75(52)61(79)54-38-65-39-72(54)2/h4-6,11-12,20-27,35-40,46-48,51-52H,7-10,13-19,28-34H2,1-3H3,(H,66,82)(H,67,69)(H,68,70)(H,71,83)(H,80,81)/t40?,46?,48-,51-,52-/m0/s1. The van der Waals surface area contributed by atoms with E-state index in [2.05, 4.69) is 68.9 Å². The van der Waals surface area contributed by atoms with Crippen LogP contribution in [0.4, 0.5) is 15.3 Å². The summed E-state index contributed by atoms with van der Waals surface area (Å²) in [5.74, 6) is 0.419. The molecule has 85 heavy (non-hydrogen) atoms. The number of unbranched alkanes of at least 4 members (excludes halogenated alkanes) is 1. The summed E-state index contributed by atoms with van der Waals surface area (Å²) in [6.45, 7) is 4.52. The van der Waals surface area contributed by atoms with Gasteiger partial charge >= 0.3 is 18.1 Å². The predicted molar refractivity (Wildman–Crippen MR) is 323 cm³/mol. The molecule has 3 aliphatic heterocycles. The van der Waals surface area contributed by atoms with Crippen LogP contribution in [0.15, 0.2) is 110 Å². The molecule has 1 aliphatic carbocycles. The summed E-state index contributed by atoms with van der Waals surface area (Å²) in [5, 5.41) is 16.2. The second-order valence-electron chi connectivity index (χ2n) is 23.1. The molecule has 3 saturated heterocycles. The number of benzene rings is 3. The quantitative estimate of drug-likeness (QED) is 0.0506. The molecule has 3 aromatic carbocycles. The first kappa shape index (κ1) is 58.2. The van der Waals surface area contributed by atoms with Crippen molar-refractivity contribution < 1.29 is 38.6 Å². The van der Waals surface area contributed by atoms with E-state index < -0.39 is 18.1 Å². The highest BCUT2D eigenvalue weighted by Gasteiger charge is 2.40. The van der Waals surface area contributed by atoms with Crippen LogP contribution in [0.3, 0.4) is 0 Å². The molecule has 20 nitrogen and oxygen atoms in total. The van der Waals surface area contributed by atoms with Gasteiger partial charge in [0.05, 0.1) is 61.2 Å². The SMILES string of the molecule is COC(=O)N[C@@H](CCCCNC(=O)N1CCC(N(C(=O)C2CCC(C)CC2)c2cc(-c3ccccc3)sc2C(=O)O)CC1)C(=O)N1CCC[C@H]1c1ncc(-c2ccc(-c3ccc(-c4cnc([C@@H]5CCCN5C(=O)c5cncn5C)[nH]4)cc3)cc2)[nH]1. The number of piperidine rings is 1. The molecule has 7 aromatic rings. The zero-order valence-electron chi connectivity index (χ0n) is 48.4. The number of nitrogens with one attached hydrogen (secondary N) is 4. The monoisotopic (exact) mass is 1170 g/mol. The minimum Gasteiger partial charge on any atom is -0.477 e. The van der Waals surface area contributed by atoms with Crippen LogP contribution in [0.25, 0.3) is 44.1 Å². The summed E-state index contributed by atoms with van der Waals surface area (Å²) in [6, 6.07) is 26.2. The number of aromatic amines is 2. The molecule has 4 aliphatic rings. The number of nitrogens with zero attached hydrogens (tertiary/aromatic N) is 8. The number of thiophene rings is 1. The number of aryl methyl sites for hydroxylation is 1. The molecule has 7 heterocycles. The normalized spacial score (nSPS) is 19.4. The molecule has 0 unspecified atom stereocenters. The van der Waals surface area contributed by atoms with Gasteiger partial charge in [0.15, 0.2) is 0 Å². The van der Waals surface area contributed by atoms with Crippen LogP contribution < -0.4 is 15.5 Å². The number of H-pyrrole nitrogens is 2. The lowest BCUT2D eigenvalue weighted by molar-refractivity contribution is -0.134. The van der Waals surface area contributed by atoms with E-state index in [0.29, 0.717) is 94.4 Å². The molecule has 4 fully saturated rings. The Morgan fingerprint density at radius 2 is 1.33 bits per heavy atom. The van der Waals surface area contributed by atoms with Crippen LogP contribution in [0.1, 0.15) is 134 Å². The Hall–Kier alpha value is -8.59. The van der Waals surface area contributed by atoms with Gasteiger partial charge in [-0.05, 0) is 123 Å². The van der Waals surface area contributed by atoms with Gasteiger partial charge in [-0.2, -0.15) is 0 Å². The van der Waals surface area contributed by atoms with Crippen molar-refractivity contribution in [3.05, 3.63) is 132 Å². The first-order valence-corrected chi connectivity index (χ1v) is 30.6. The minimum atomic E-state index is -1.07. The Bertz CT molecular complexity index is 3490. The smallest absolute Gasteiger partial charge is 0.407 e. The molecule has 444 valence electrons. The lowest BCUT2D eigenvalue weighted by atomic mass is 9.82. The van der Waals surface area contributed by atoms with Gasteiger partial charge in [0.1, 0.15) is 28.3 Å². The van der Waals surface area contributed by atoms with Gasteiger partial charge in [0.25, 0.3) is 5.91 Å². The van der Waals surface area contributed by atoms with Gasteiger partial charge in [0, 0.05) is 56.6 Å². The van der Waals surface area contributed by atoms with E-state index in [1.54, 1.807) is 38.0 Å². The van der Waals surface area contributed by atoms with Gasteiger partial charge in [-0.25, -0.2) is 29.3 Å². The fraction of sp³-hybridized carbons (Fsp3) is 0.422. The lowest BCUT2D eigenvalue weighted by Crippen LogP contribution is -2.52. The topological polar surface area (TPSA) is 244 Å². The van der Waals surface area contributed by atoms with E-state index in [-0.39, 0.29) is 52.7 Å². The van der Waals surface area contributed by atoms with Gasteiger partial charge in [0.2, 0.25) is 11.8 Å². The van der Waals surface area contributed by atoms with E-state index in [4.69, 9.17) is 14.7 Å². The molecule has 4 aromatic heterocycles. The molecule has 21 heteroatoms. The number of aromatic carboxylic acids is 1. The molecule has 1 saturated carbocycles. The van der Waals surface area contributed by atoms with Gasteiger partial charge in [-0.15, -0.1) is 11.3 Å². The largest absolute Gasteiger partial charge is 0.477 e. The van der Waals surface area contributed by atoms with Crippen molar-refractivity contribution in [2.24, 2.45) is 18.9 Å². The molecule has 0 spiro atoms. The van der Waals surface area contributed by atoms with Gasteiger partial charge < -0.3 is 54.6 Å². The van der Waals surface area contributed by atoms with E-state index in [0.717, 1.165) is 94.9 Å². The number of methoxy groups -OCH3 is 1. The molecular formula is C64H74N12O8S. The number of carbonyl (C=O) groups is 6. The number of hydrogen-bond donors (Lipinski definition) is 5. The maximum Gasteiger partial charge on any atom is 0.407 e. The molecule has 0 bridgehead atoms. The Morgan fingerprint density at radius 3 is 1.92 bits per heavy atom. The Kier molecular flexibility index (Phi) is 17.9. The number of carboxylic acids is 1. The molecule has 11 rings (SSSR count). The summed E-state index contributed by atoms with van der Waals surface area (Å²) < 4.78 is 6.69. The van der Waals surface area contributed by atoms with Crippen molar-refractivity contribution in [2.75, 3.05) is 44.7 Å². The van der Waals surface area contributed by atoms with E-state index >= 15 is 0 Å². The van der Waals surface area contributed by atoms with Crippen molar-refractivity contribution in [3.8, 4) is 44.1 Å². The summed E-state index contributed by atoms with van der Waals surface area (Å²) in [6.07, 6.45) is 15.2. The number of carbonyl (C=O) groups excluding carboxylic acids is 5. The summed E-state index contributed by atoms with van der Waals surface area (Å²) in [5.41, 5.74) is 7.59. The second kappa shape index (κ2) is 26.1. The number of amides is 6. The highest BCUT2D eigenvalue weighted by Crippen LogP contribution is 2.42. The fourth-order valence-corrected chi connectivity index (χ4v) is 13.7. The molecule has 0 radical (unpaired) electrons. The number of anilines is 1. The fourth-order valence-electron chi connectivity index (χ4n) is 12.7. The maximum atomic E-state index is 14.5. The molecule has 6 amide bonds. The number of rotatable bonds is 18. The van der Waals surface area contributed by atoms with Crippen LogP contribution in [0.5, 0.6) is 0 Å². The zero-order chi connectivity index (χ0) is 59.1. The minimum absolute atomic E-state index is 0.0322. The number of alkyl carbamates (subject to hydrolysis) is 1. The van der Waals surface area contributed by atoms with Crippen molar-refractivity contribution in [1.82, 2.24) is 54.8 Å². The molecule has 3 atom stereocenters. The van der Waals surface area contributed by atoms with Crippen LogP contribution >= 0.6 is 11.3 Å². The highest BCUT2D eigenvalue weighted by atomic mass is 32.1. The van der Waals surface area contributed by atoms with E-state index in [1.165, 1.54) is 18.4 Å². The molecule has 5 N–H and O–H groups in total. The van der Waals surface area contributed by atoms with Crippen LogP contribution in [0.2, 0.25) is 0 Å². The van der Waals surface area contributed by atoms with Gasteiger partial charge in [-0.3, -0.25) is 14.4 Å². The number of hydrogen-bond acceptors (Lipinski definition) is 11.